The van der Waals surface area contributed by atoms with Crippen molar-refractivity contribution in [1.82, 2.24) is 9.80 Å². The van der Waals surface area contributed by atoms with Crippen LogP contribution in [0, 0.1) is 18.6 Å². The van der Waals surface area contributed by atoms with Crippen molar-refractivity contribution < 1.29 is 33.7 Å². The van der Waals surface area contributed by atoms with E-state index in [1.807, 2.05) is 13.8 Å². The first-order valence-corrected chi connectivity index (χ1v) is 12.9. The van der Waals surface area contributed by atoms with E-state index < -0.39 is 48.9 Å². The van der Waals surface area contributed by atoms with Crippen molar-refractivity contribution in [2.75, 3.05) is 32.8 Å². The van der Waals surface area contributed by atoms with Crippen molar-refractivity contribution in [3.63, 3.8) is 0 Å². The number of carbonyl (C=O) groups excluding carboxylic acids is 2. The lowest BCUT2D eigenvalue weighted by molar-refractivity contribution is 0.0228. The van der Waals surface area contributed by atoms with Crippen LogP contribution in [0.2, 0.25) is 0 Å². The summed E-state index contributed by atoms with van der Waals surface area (Å²) in [5.41, 5.74) is 7.48. The van der Waals surface area contributed by atoms with Gasteiger partial charge >= 0.3 is 0 Å². The van der Waals surface area contributed by atoms with Crippen molar-refractivity contribution in [2.24, 2.45) is 5.73 Å². The predicted molar refractivity (Wildman–Crippen MR) is 141 cm³/mol. The Hall–Kier alpha value is -2.92. The van der Waals surface area contributed by atoms with Gasteiger partial charge in [-0.1, -0.05) is 13.8 Å². The van der Waals surface area contributed by atoms with Crippen LogP contribution < -0.4 is 5.73 Å². The van der Waals surface area contributed by atoms with Gasteiger partial charge in [-0.15, -0.1) is 0 Å². The first-order chi connectivity index (χ1) is 18.0. The quantitative estimate of drug-likeness (QED) is 0.294. The molecule has 0 aromatic heterocycles. The van der Waals surface area contributed by atoms with Crippen LogP contribution in [0.4, 0.5) is 8.78 Å². The third-order valence-electron chi connectivity index (χ3n) is 6.24. The fraction of sp³-hybridized carbons (Fsp3) is 0.500. The third kappa shape index (κ3) is 8.56. The Morgan fingerprint density at radius 1 is 0.895 bits per heavy atom. The van der Waals surface area contributed by atoms with E-state index >= 15 is 0 Å². The van der Waals surface area contributed by atoms with Crippen LogP contribution in [0.25, 0.3) is 0 Å². The molecule has 38 heavy (non-hydrogen) atoms. The third-order valence-corrected chi connectivity index (χ3v) is 6.24. The molecule has 0 aliphatic rings. The van der Waals surface area contributed by atoms with E-state index in [1.54, 1.807) is 24.0 Å². The Morgan fingerprint density at radius 2 is 1.42 bits per heavy atom. The second kappa shape index (κ2) is 14.9. The molecule has 0 unspecified atom stereocenters. The number of nitrogens with zero attached hydrogens (tertiary/aromatic N) is 2. The maximum Gasteiger partial charge on any atom is 0.254 e. The highest BCUT2D eigenvalue weighted by Gasteiger charge is 2.29. The second-order valence-electron chi connectivity index (χ2n) is 9.57. The number of hydrogen-bond acceptors (Lipinski definition) is 6. The predicted octanol–water partition coefficient (Wildman–Crippen LogP) is 2.26. The Kier molecular flexibility index (Phi) is 12.2. The van der Waals surface area contributed by atoms with E-state index in [0.29, 0.717) is 24.2 Å². The van der Waals surface area contributed by atoms with Crippen molar-refractivity contribution in [2.45, 2.75) is 58.2 Å². The van der Waals surface area contributed by atoms with Crippen molar-refractivity contribution >= 4 is 11.8 Å². The summed E-state index contributed by atoms with van der Waals surface area (Å²) in [6, 6.07) is 5.63. The fourth-order valence-electron chi connectivity index (χ4n) is 4.36. The van der Waals surface area contributed by atoms with Crippen LogP contribution in [0.1, 0.15) is 58.5 Å². The average molecular weight is 536 g/mol. The highest BCUT2D eigenvalue weighted by atomic mass is 19.1. The molecule has 0 heterocycles. The van der Waals surface area contributed by atoms with E-state index in [4.69, 9.17) is 5.73 Å². The van der Waals surface area contributed by atoms with Gasteiger partial charge in [-0.25, -0.2) is 8.78 Å². The highest BCUT2D eigenvalue weighted by Crippen LogP contribution is 2.18. The number of amides is 2. The number of carbonyl (C=O) groups is 2. The molecular formula is C28H39F2N3O5. The molecule has 2 aromatic carbocycles. The second-order valence-corrected chi connectivity index (χ2v) is 9.57. The molecule has 0 aliphatic heterocycles. The van der Waals surface area contributed by atoms with Gasteiger partial charge in [-0.05, 0) is 67.6 Å². The molecule has 5 N–H and O–H groups in total. The summed E-state index contributed by atoms with van der Waals surface area (Å²) in [4.78, 5) is 29.6. The smallest absolute Gasteiger partial charge is 0.254 e. The van der Waals surface area contributed by atoms with E-state index in [0.717, 1.165) is 35.9 Å². The number of nitrogens with two attached hydrogens (primary N) is 1. The molecule has 0 saturated carbocycles. The monoisotopic (exact) mass is 535 g/mol. The summed E-state index contributed by atoms with van der Waals surface area (Å²) < 4.78 is 27.1. The van der Waals surface area contributed by atoms with Crippen LogP contribution >= 0.6 is 0 Å². The number of halogens is 2. The lowest BCUT2D eigenvalue weighted by Gasteiger charge is -2.33. The van der Waals surface area contributed by atoms with Crippen LogP contribution in [-0.2, 0) is 6.42 Å². The number of aliphatic hydroxyl groups is 3. The molecule has 210 valence electrons. The topological polar surface area (TPSA) is 127 Å². The Morgan fingerprint density at radius 3 is 1.92 bits per heavy atom. The summed E-state index contributed by atoms with van der Waals surface area (Å²) in [5, 5.41) is 30.4. The zero-order valence-electron chi connectivity index (χ0n) is 22.2. The largest absolute Gasteiger partial charge is 0.394 e. The first kappa shape index (κ1) is 31.3. The number of hydrogen-bond donors (Lipinski definition) is 4. The van der Waals surface area contributed by atoms with Crippen molar-refractivity contribution in [1.29, 1.82) is 0 Å². The number of benzene rings is 2. The maximum absolute atomic E-state index is 13.6. The minimum Gasteiger partial charge on any atom is -0.394 e. The molecule has 2 rings (SSSR count). The lowest BCUT2D eigenvalue weighted by atomic mass is 10.00. The minimum atomic E-state index is -1.35. The summed E-state index contributed by atoms with van der Waals surface area (Å²) in [7, 11) is 0. The summed E-state index contributed by atoms with van der Waals surface area (Å²) in [6.45, 7) is 5.32. The zero-order chi connectivity index (χ0) is 28.4. The van der Waals surface area contributed by atoms with E-state index in [-0.39, 0.29) is 30.0 Å². The van der Waals surface area contributed by atoms with Gasteiger partial charge in [0.2, 0.25) is 0 Å². The fourth-order valence-corrected chi connectivity index (χ4v) is 4.36. The normalized spacial score (nSPS) is 12.9. The molecular weight excluding hydrogens is 496 g/mol. The molecule has 0 bridgehead atoms. The summed E-state index contributed by atoms with van der Waals surface area (Å²) in [6.07, 6.45) is 0.147. The van der Waals surface area contributed by atoms with Gasteiger partial charge in [-0.2, -0.15) is 0 Å². The average Bonchev–Trinajstić information content (AvgIpc) is 2.86. The van der Waals surface area contributed by atoms with Crippen LogP contribution in [-0.4, -0.2) is 88.0 Å². The maximum atomic E-state index is 13.6. The molecule has 8 nitrogen and oxygen atoms in total. The van der Waals surface area contributed by atoms with E-state index in [9.17, 15) is 33.7 Å². The Labute approximate surface area is 222 Å². The highest BCUT2D eigenvalue weighted by molar-refractivity contribution is 6.00. The number of aryl methyl sites for hydroxylation is 1. The summed E-state index contributed by atoms with van der Waals surface area (Å²) >= 11 is 0. The van der Waals surface area contributed by atoms with E-state index in [2.05, 4.69) is 0 Å². The van der Waals surface area contributed by atoms with Gasteiger partial charge in [0.15, 0.2) is 0 Å². The van der Waals surface area contributed by atoms with Gasteiger partial charge in [0, 0.05) is 42.9 Å². The van der Waals surface area contributed by atoms with Crippen LogP contribution in [0.5, 0.6) is 0 Å². The molecule has 2 atom stereocenters. The van der Waals surface area contributed by atoms with Gasteiger partial charge in [0.25, 0.3) is 11.8 Å². The zero-order valence-corrected chi connectivity index (χ0v) is 22.2. The van der Waals surface area contributed by atoms with Crippen LogP contribution in [0.15, 0.2) is 36.4 Å². The Balaban J connectivity index is 2.32. The van der Waals surface area contributed by atoms with Crippen molar-refractivity contribution in [3.05, 3.63) is 70.3 Å². The number of aliphatic hydroxyl groups excluding tert-OH is 3. The molecule has 0 saturated heterocycles. The molecule has 0 radical (unpaired) electrons. The SMILES string of the molecule is CCCN(CCC)C(=O)c1cc(C)cc(C(=O)N(C[C@@H](O)[C@@H](N)Cc2cc(F)cc(F)c2)C(CO)CO)c1. The summed E-state index contributed by atoms with van der Waals surface area (Å²) in [5.74, 6) is -2.37. The van der Waals surface area contributed by atoms with Gasteiger partial charge in [-0.3, -0.25) is 9.59 Å². The molecule has 0 fully saturated rings. The standard InChI is InChI=1S/C28H39F2N3O5/c1-4-6-32(7-5-2)27(37)20-8-18(3)9-21(13-20)28(38)33(24(16-34)17-35)15-26(36)25(31)12-19-10-22(29)14-23(30)11-19/h8-11,13-14,24-26,34-36H,4-7,12,15-17,31H2,1-3H3/t25-,26+/m0/s1. The van der Waals surface area contributed by atoms with Gasteiger partial charge in [0.1, 0.15) is 11.6 Å². The molecule has 10 heteroatoms. The molecule has 0 spiro atoms. The molecule has 2 aromatic rings. The first-order valence-electron chi connectivity index (χ1n) is 12.9. The van der Waals surface area contributed by atoms with Crippen LogP contribution in [0.3, 0.4) is 0 Å². The van der Waals surface area contributed by atoms with Gasteiger partial charge in [0.05, 0.1) is 25.4 Å². The minimum absolute atomic E-state index is 0.0748. The van der Waals surface area contributed by atoms with Crippen molar-refractivity contribution in [3.8, 4) is 0 Å². The Bertz CT molecular complexity index is 1050. The molecule has 2 amide bonds. The van der Waals surface area contributed by atoms with Gasteiger partial charge < -0.3 is 30.9 Å². The molecule has 0 aliphatic carbocycles. The lowest BCUT2D eigenvalue weighted by Crippen LogP contribution is -2.52. The number of rotatable bonds is 14. The van der Waals surface area contributed by atoms with E-state index in [1.165, 1.54) is 6.07 Å².